The molecule has 0 radical (unpaired) electrons. The van der Waals surface area contributed by atoms with Crippen LogP contribution in [0.2, 0.25) is 0 Å². The van der Waals surface area contributed by atoms with Gasteiger partial charge in [-0.1, -0.05) is 158 Å². The van der Waals surface area contributed by atoms with Crippen molar-refractivity contribution in [2.45, 2.75) is 0 Å². The summed E-state index contributed by atoms with van der Waals surface area (Å²) in [5.41, 5.74) is 10.4. The van der Waals surface area contributed by atoms with Crippen molar-refractivity contribution in [3.05, 3.63) is 176 Å². The number of para-hydroxylation sites is 2. The zero-order chi connectivity index (χ0) is 37.0. The fourth-order valence-electron chi connectivity index (χ4n) is 7.40. The van der Waals surface area contributed by atoms with E-state index in [4.69, 9.17) is 29.3 Å². The minimum Gasteiger partial charge on any atom is -0.455 e. The van der Waals surface area contributed by atoms with Crippen LogP contribution in [0.25, 0.3) is 110 Å². The lowest BCUT2D eigenvalue weighted by Gasteiger charge is -2.10. The predicted octanol–water partition coefficient (Wildman–Crippen LogP) is 12.9. The van der Waals surface area contributed by atoms with Gasteiger partial charge in [-0.15, -0.1) is 11.3 Å². The van der Waals surface area contributed by atoms with Gasteiger partial charge < -0.3 is 4.42 Å². The van der Waals surface area contributed by atoms with Crippen LogP contribution in [-0.4, -0.2) is 24.9 Å². The third kappa shape index (κ3) is 5.52. The van der Waals surface area contributed by atoms with Crippen molar-refractivity contribution < 1.29 is 4.42 Å². The monoisotopic (exact) mass is 735 g/mol. The summed E-state index contributed by atoms with van der Waals surface area (Å²) in [5.74, 6) is 2.56. The Morgan fingerprint density at radius 1 is 0.357 bits per heavy atom. The summed E-state index contributed by atoms with van der Waals surface area (Å²) in [5, 5.41) is 3.26. The number of benzene rings is 7. The summed E-state index contributed by atoms with van der Waals surface area (Å²) in [6.45, 7) is 0. The Kier molecular flexibility index (Phi) is 7.57. The van der Waals surface area contributed by atoms with E-state index in [1.165, 1.54) is 4.70 Å². The smallest absolute Gasteiger partial charge is 0.164 e. The first-order chi connectivity index (χ1) is 27.7. The predicted molar refractivity (Wildman–Crippen MR) is 228 cm³/mol. The van der Waals surface area contributed by atoms with Crippen molar-refractivity contribution in [2.75, 3.05) is 0 Å². The first-order valence-corrected chi connectivity index (χ1v) is 19.2. The molecule has 0 unspecified atom stereocenters. The molecule has 4 aromatic heterocycles. The van der Waals surface area contributed by atoms with Crippen LogP contribution < -0.4 is 0 Å². The maximum Gasteiger partial charge on any atom is 0.164 e. The van der Waals surface area contributed by atoms with E-state index in [-0.39, 0.29) is 0 Å². The quantitative estimate of drug-likeness (QED) is 0.169. The summed E-state index contributed by atoms with van der Waals surface area (Å²) in [6.07, 6.45) is 0. The molecule has 0 fully saturated rings. The molecule has 0 spiro atoms. The first kappa shape index (κ1) is 32.1. The van der Waals surface area contributed by atoms with Crippen molar-refractivity contribution >= 4 is 53.6 Å². The van der Waals surface area contributed by atoms with Gasteiger partial charge in [0.05, 0.1) is 21.5 Å². The van der Waals surface area contributed by atoms with E-state index in [1.54, 1.807) is 11.3 Å². The lowest BCUT2D eigenvalue weighted by atomic mass is 10.0. The summed E-state index contributed by atoms with van der Waals surface area (Å²) < 4.78 is 8.67. The Balaban J connectivity index is 0.976. The maximum absolute atomic E-state index is 6.43. The topological polar surface area (TPSA) is 77.6 Å². The fraction of sp³-hybridized carbons (Fsp3) is 0. The molecular weight excluding hydrogens is 707 g/mol. The molecule has 0 bridgehead atoms. The van der Waals surface area contributed by atoms with Crippen LogP contribution in [0.5, 0.6) is 0 Å². The molecule has 56 heavy (non-hydrogen) atoms. The van der Waals surface area contributed by atoms with Crippen LogP contribution in [0.3, 0.4) is 0 Å². The Labute approximate surface area is 325 Å². The highest BCUT2D eigenvalue weighted by Gasteiger charge is 2.20. The van der Waals surface area contributed by atoms with Gasteiger partial charge in [-0.2, -0.15) is 0 Å². The van der Waals surface area contributed by atoms with E-state index in [0.29, 0.717) is 23.3 Å². The number of fused-ring (bicyclic) bond motifs is 6. The van der Waals surface area contributed by atoms with Gasteiger partial charge in [-0.25, -0.2) is 24.9 Å². The highest BCUT2D eigenvalue weighted by atomic mass is 32.1. The minimum absolute atomic E-state index is 0.630. The van der Waals surface area contributed by atoms with Crippen molar-refractivity contribution in [1.82, 2.24) is 24.9 Å². The van der Waals surface area contributed by atoms with Crippen molar-refractivity contribution in [2.24, 2.45) is 0 Å². The third-order valence-electron chi connectivity index (χ3n) is 10.2. The highest BCUT2D eigenvalue weighted by Crippen LogP contribution is 2.42. The largest absolute Gasteiger partial charge is 0.455 e. The van der Waals surface area contributed by atoms with Crippen molar-refractivity contribution in [3.8, 4) is 67.9 Å². The van der Waals surface area contributed by atoms with Gasteiger partial charge in [-0.3, -0.25) is 0 Å². The number of hydrogen-bond donors (Lipinski definition) is 0. The molecule has 7 aromatic carbocycles. The van der Waals surface area contributed by atoms with Gasteiger partial charge in [0.1, 0.15) is 11.2 Å². The molecule has 0 N–H and O–H groups in total. The van der Waals surface area contributed by atoms with Gasteiger partial charge in [0, 0.05) is 43.1 Å². The van der Waals surface area contributed by atoms with Gasteiger partial charge in [0.2, 0.25) is 0 Å². The zero-order valence-corrected chi connectivity index (χ0v) is 30.6. The number of furan rings is 1. The Morgan fingerprint density at radius 2 is 0.875 bits per heavy atom. The molecule has 0 atom stereocenters. The average molecular weight is 736 g/mol. The highest BCUT2D eigenvalue weighted by molar-refractivity contribution is 7.26. The lowest BCUT2D eigenvalue weighted by molar-refractivity contribution is 0.669. The lowest BCUT2D eigenvalue weighted by Crippen LogP contribution is -2.00. The van der Waals surface area contributed by atoms with Crippen LogP contribution in [0.15, 0.2) is 180 Å². The van der Waals surface area contributed by atoms with Gasteiger partial charge >= 0.3 is 0 Å². The molecular formula is C49H29N5OS. The van der Waals surface area contributed by atoms with Crippen LogP contribution >= 0.6 is 11.3 Å². The molecule has 262 valence electrons. The molecule has 0 aliphatic rings. The van der Waals surface area contributed by atoms with Gasteiger partial charge in [0.25, 0.3) is 0 Å². The van der Waals surface area contributed by atoms with Gasteiger partial charge in [-0.05, 0) is 29.3 Å². The van der Waals surface area contributed by atoms with E-state index >= 15 is 0 Å². The number of hydrogen-bond acceptors (Lipinski definition) is 7. The SMILES string of the molecule is c1ccc(-c2nc(-c3ccccc3)nc(-c3ccc(-c4ccc(-c5nc(-c6cccc7c6oc6ccccc67)nc6c5sc5ccccc56)cc4)cc3)n2)cc1. The van der Waals surface area contributed by atoms with E-state index in [0.717, 1.165) is 82.2 Å². The van der Waals surface area contributed by atoms with Crippen LogP contribution in [-0.2, 0) is 0 Å². The molecule has 0 aliphatic heterocycles. The molecule has 11 aromatic rings. The number of aromatic nitrogens is 5. The molecule has 7 heteroatoms. The third-order valence-corrected chi connectivity index (χ3v) is 11.4. The van der Waals surface area contributed by atoms with Crippen molar-refractivity contribution in [3.63, 3.8) is 0 Å². The Bertz CT molecular complexity index is 3170. The van der Waals surface area contributed by atoms with E-state index in [1.807, 2.05) is 78.9 Å². The van der Waals surface area contributed by atoms with Gasteiger partial charge in [0.15, 0.2) is 23.3 Å². The van der Waals surface area contributed by atoms with Crippen LogP contribution in [0.1, 0.15) is 0 Å². The Hall–Kier alpha value is -7.35. The second-order valence-corrected chi connectivity index (χ2v) is 14.7. The second-order valence-electron chi connectivity index (χ2n) is 13.6. The summed E-state index contributed by atoms with van der Waals surface area (Å²) in [4.78, 5) is 25.1. The summed E-state index contributed by atoms with van der Waals surface area (Å²) in [7, 11) is 0. The maximum atomic E-state index is 6.43. The molecule has 6 nitrogen and oxygen atoms in total. The van der Waals surface area contributed by atoms with E-state index in [2.05, 4.69) is 97.1 Å². The fourth-order valence-corrected chi connectivity index (χ4v) is 8.55. The van der Waals surface area contributed by atoms with Crippen LogP contribution in [0, 0.1) is 0 Å². The number of rotatable bonds is 6. The number of thiophene rings is 1. The minimum atomic E-state index is 0.630. The number of nitrogens with zero attached hydrogens (tertiary/aromatic N) is 5. The summed E-state index contributed by atoms with van der Waals surface area (Å²) >= 11 is 1.73. The molecule has 4 heterocycles. The van der Waals surface area contributed by atoms with Crippen LogP contribution in [0.4, 0.5) is 0 Å². The Morgan fingerprint density at radius 3 is 1.54 bits per heavy atom. The second kappa shape index (κ2) is 13.2. The van der Waals surface area contributed by atoms with Crippen molar-refractivity contribution in [1.29, 1.82) is 0 Å². The molecule has 0 saturated heterocycles. The zero-order valence-electron chi connectivity index (χ0n) is 29.8. The summed E-state index contributed by atoms with van der Waals surface area (Å²) in [6, 6.07) is 59.9. The normalized spacial score (nSPS) is 11.6. The average Bonchev–Trinajstić information content (AvgIpc) is 3.85. The molecule has 11 rings (SSSR count). The standard InChI is InChI=1S/C49H29N5OS/c1-3-12-33(13-4-1)46-52-47(34-14-5-2-6-15-34)54-48(53-46)35-28-24-31(25-29-35)30-22-26-32(27-23-30)42-45-43(38-17-8-10-21-41(38)56-45)51-49(50-42)39-19-11-18-37-36-16-7-9-20-40(36)55-44(37)39/h1-29H. The van der Waals surface area contributed by atoms with E-state index in [9.17, 15) is 0 Å². The first-order valence-electron chi connectivity index (χ1n) is 18.4. The molecule has 0 amide bonds. The molecule has 0 aliphatic carbocycles. The molecule has 0 saturated carbocycles. The van der Waals surface area contributed by atoms with E-state index < -0.39 is 0 Å².